The zero-order valence-corrected chi connectivity index (χ0v) is 12.5. The molecule has 0 unspecified atom stereocenters. The summed E-state index contributed by atoms with van der Waals surface area (Å²) in [6.45, 7) is 1.23. The van der Waals surface area contributed by atoms with Gasteiger partial charge in [0.15, 0.2) is 0 Å². The van der Waals surface area contributed by atoms with E-state index in [4.69, 9.17) is 4.74 Å². The molecular formula is C16H12N2O6. The largest absolute Gasteiger partial charge is 0.423 e. The van der Waals surface area contributed by atoms with E-state index in [0.29, 0.717) is 5.56 Å². The van der Waals surface area contributed by atoms with E-state index in [1.165, 1.54) is 43.5 Å². The van der Waals surface area contributed by atoms with Gasteiger partial charge in [-0.2, -0.15) is 0 Å². The van der Waals surface area contributed by atoms with Gasteiger partial charge in [-0.25, -0.2) is 9.59 Å². The first kappa shape index (κ1) is 16.8. The van der Waals surface area contributed by atoms with E-state index in [1.54, 1.807) is 12.1 Å². The minimum Gasteiger partial charge on any atom is -0.423 e. The lowest BCUT2D eigenvalue weighted by molar-refractivity contribution is -0.384. The Morgan fingerprint density at radius 2 is 1.88 bits per heavy atom. The fourth-order valence-corrected chi connectivity index (χ4v) is 1.70. The molecule has 0 aliphatic heterocycles. The van der Waals surface area contributed by atoms with Crippen molar-refractivity contribution in [2.75, 3.05) is 0 Å². The molecule has 2 rings (SSSR count). The zero-order valence-electron chi connectivity index (χ0n) is 12.5. The lowest BCUT2D eigenvalue weighted by Crippen LogP contribution is -2.08. The van der Waals surface area contributed by atoms with E-state index < -0.39 is 16.9 Å². The summed E-state index contributed by atoms with van der Waals surface area (Å²) in [6, 6.07) is 11.5. The van der Waals surface area contributed by atoms with Crippen LogP contribution in [0.15, 0.2) is 53.7 Å². The van der Waals surface area contributed by atoms with E-state index in [9.17, 15) is 19.7 Å². The van der Waals surface area contributed by atoms with Crippen LogP contribution in [0.2, 0.25) is 0 Å². The van der Waals surface area contributed by atoms with Crippen LogP contribution in [0.25, 0.3) is 0 Å². The number of esters is 1. The van der Waals surface area contributed by atoms with Crippen molar-refractivity contribution in [3.8, 4) is 5.75 Å². The van der Waals surface area contributed by atoms with Crippen molar-refractivity contribution >= 4 is 23.8 Å². The van der Waals surface area contributed by atoms with Gasteiger partial charge in [0.1, 0.15) is 5.75 Å². The topological polar surface area (TPSA) is 108 Å². The van der Waals surface area contributed by atoms with E-state index in [2.05, 4.69) is 9.99 Å². The van der Waals surface area contributed by atoms with Crippen molar-refractivity contribution in [3.63, 3.8) is 0 Å². The van der Waals surface area contributed by atoms with Crippen molar-refractivity contribution in [2.45, 2.75) is 6.92 Å². The van der Waals surface area contributed by atoms with Gasteiger partial charge in [-0.05, 0) is 35.9 Å². The van der Waals surface area contributed by atoms with Gasteiger partial charge in [-0.3, -0.25) is 10.1 Å². The summed E-state index contributed by atoms with van der Waals surface area (Å²) in [6.07, 6.45) is 1.33. The smallest absolute Gasteiger partial charge is 0.343 e. The molecule has 0 atom stereocenters. The summed E-state index contributed by atoms with van der Waals surface area (Å²) in [7, 11) is 0. The van der Waals surface area contributed by atoms with Crippen molar-refractivity contribution in [3.05, 3.63) is 69.8 Å². The molecule has 2 aromatic rings. The van der Waals surface area contributed by atoms with Gasteiger partial charge < -0.3 is 9.57 Å². The van der Waals surface area contributed by atoms with Crippen molar-refractivity contribution in [1.29, 1.82) is 0 Å². The summed E-state index contributed by atoms with van der Waals surface area (Å²) < 4.78 is 5.14. The molecule has 0 aliphatic rings. The van der Waals surface area contributed by atoms with Crippen molar-refractivity contribution in [1.82, 2.24) is 0 Å². The normalized spacial score (nSPS) is 10.4. The number of benzene rings is 2. The van der Waals surface area contributed by atoms with Crippen LogP contribution in [0.4, 0.5) is 5.69 Å². The number of hydrogen-bond acceptors (Lipinski definition) is 7. The maximum Gasteiger partial charge on any atom is 0.343 e. The van der Waals surface area contributed by atoms with Crippen LogP contribution >= 0.6 is 0 Å². The number of ether oxygens (including phenoxy) is 1. The molecule has 24 heavy (non-hydrogen) atoms. The minimum absolute atomic E-state index is 0.0738. The molecule has 0 saturated heterocycles. The number of carbonyl (C=O) groups is 2. The van der Waals surface area contributed by atoms with Crippen LogP contribution < -0.4 is 4.74 Å². The predicted octanol–water partition coefficient (Wildman–Crippen LogP) is 2.71. The third-order valence-corrected chi connectivity index (χ3v) is 2.77. The van der Waals surface area contributed by atoms with Crippen LogP contribution in [0.3, 0.4) is 0 Å². The molecule has 122 valence electrons. The monoisotopic (exact) mass is 328 g/mol. The first-order chi connectivity index (χ1) is 11.5. The molecule has 0 heterocycles. The fraction of sp³-hybridized carbons (Fsp3) is 0.0625. The maximum absolute atomic E-state index is 12.0. The molecule has 0 amide bonds. The number of non-ortho nitro benzene ring substituents is 1. The fourth-order valence-electron chi connectivity index (χ4n) is 1.70. The molecule has 0 aliphatic carbocycles. The zero-order chi connectivity index (χ0) is 17.5. The number of nitrogens with zero attached hydrogens (tertiary/aromatic N) is 2. The Hall–Kier alpha value is -3.55. The summed E-state index contributed by atoms with van der Waals surface area (Å²) in [4.78, 5) is 37.1. The average molecular weight is 328 g/mol. The van der Waals surface area contributed by atoms with Crippen LogP contribution in [0, 0.1) is 10.1 Å². The molecule has 0 N–H and O–H groups in total. The Morgan fingerprint density at radius 1 is 1.17 bits per heavy atom. The molecular weight excluding hydrogens is 316 g/mol. The van der Waals surface area contributed by atoms with Crippen LogP contribution in [-0.4, -0.2) is 23.1 Å². The van der Waals surface area contributed by atoms with Gasteiger partial charge in [0.05, 0.1) is 16.7 Å². The molecule has 8 nitrogen and oxygen atoms in total. The SMILES string of the molecule is CC(=O)O/N=C\c1ccc(OC(=O)c2cccc([N+](=O)[O-])c2)cc1. The lowest BCUT2D eigenvalue weighted by atomic mass is 10.2. The number of hydrogen-bond donors (Lipinski definition) is 0. The molecule has 0 bridgehead atoms. The Balaban J connectivity index is 2.04. The summed E-state index contributed by atoms with van der Waals surface area (Å²) in [5.74, 6) is -0.982. The Bertz CT molecular complexity index is 798. The molecule has 8 heteroatoms. The highest BCUT2D eigenvalue weighted by atomic mass is 16.7. The van der Waals surface area contributed by atoms with Gasteiger partial charge in [0.25, 0.3) is 5.69 Å². The number of rotatable bonds is 5. The second-order valence-corrected chi connectivity index (χ2v) is 4.58. The van der Waals surface area contributed by atoms with E-state index in [-0.39, 0.29) is 17.0 Å². The minimum atomic E-state index is -0.708. The maximum atomic E-state index is 12.0. The molecule has 0 saturated carbocycles. The standard InChI is InChI=1S/C16H12N2O6/c1-11(19)24-17-10-12-5-7-15(8-6-12)23-16(20)13-3-2-4-14(9-13)18(21)22/h2-10H,1H3/b17-10-. The average Bonchev–Trinajstić information content (AvgIpc) is 2.56. The Kier molecular flexibility index (Phi) is 5.35. The molecule has 0 spiro atoms. The highest BCUT2D eigenvalue weighted by molar-refractivity contribution is 5.91. The summed E-state index contributed by atoms with van der Waals surface area (Å²) >= 11 is 0. The van der Waals surface area contributed by atoms with Gasteiger partial charge >= 0.3 is 11.9 Å². The number of oxime groups is 1. The van der Waals surface area contributed by atoms with Crippen LogP contribution in [0.5, 0.6) is 5.75 Å². The highest BCUT2D eigenvalue weighted by Crippen LogP contribution is 2.17. The molecule has 0 aromatic heterocycles. The Morgan fingerprint density at radius 3 is 2.50 bits per heavy atom. The lowest BCUT2D eigenvalue weighted by Gasteiger charge is -2.04. The molecule has 0 fully saturated rings. The van der Waals surface area contributed by atoms with Crippen LogP contribution in [-0.2, 0) is 9.63 Å². The van der Waals surface area contributed by atoms with Gasteiger partial charge in [-0.15, -0.1) is 0 Å². The Labute approximate surface area is 136 Å². The van der Waals surface area contributed by atoms with Gasteiger partial charge in [0, 0.05) is 19.1 Å². The number of nitro benzene ring substituents is 1. The number of nitro groups is 1. The summed E-state index contributed by atoms with van der Waals surface area (Å²) in [5, 5.41) is 14.2. The second kappa shape index (κ2) is 7.63. The van der Waals surface area contributed by atoms with E-state index >= 15 is 0 Å². The second-order valence-electron chi connectivity index (χ2n) is 4.58. The van der Waals surface area contributed by atoms with Crippen molar-refractivity contribution < 1.29 is 24.1 Å². The third kappa shape index (κ3) is 4.73. The van der Waals surface area contributed by atoms with Gasteiger partial charge in [-0.1, -0.05) is 11.2 Å². The third-order valence-electron chi connectivity index (χ3n) is 2.77. The molecule has 0 radical (unpaired) electrons. The van der Waals surface area contributed by atoms with E-state index in [0.717, 1.165) is 6.07 Å². The van der Waals surface area contributed by atoms with Crippen molar-refractivity contribution in [2.24, 2.45) is 5.16 Å². The first-order valence-electron chi connectivity index (χ1n) is 6.73. The quantitative estimate of drug-likeness (QED) is 0.208. The van der Waals surface area contributed by atoms with Crippen LogP contribution in [0.1, 0.15) is 22.8 Å². The molecule has 2 aromatic carbocycles. The highest BCUT2D eigenvalue weighted by Gasteiger charge is 2.13. The van der Waals surface area contributed by atoms with E-state index in [1.807, 2.05) is 0 Å². The number of carbonyl (C=O) groups excluding carboxylic acids is 2. The van der Waals surface area contributed by atoms with Gasteiger partial charge in [0.2, 0.25) is 0 Å². The summed E-state index contributed by atoms with van der Waals surface area (Å²) in [5.41, 5.74) is 0.512. The predicted molar refractivity (Wildman–Crippen MR) is 83.9 cm³/mol. The first-order valence-corrected chi connectivity index (χ1v) is 6.73.